The number of aromatic nitrogens is 4. The Morgan fingerprint density at radius 2 is 1.79 bits per heavy atom. The highest BCUT2D eigenvalue weighted by Crippen LogP contribution is 2.23. The van der Waals surface area contributed by atoms with Crippen LogP contribution in [0.25, 0.3) is 17.0 Å². The fourth-order valence-electron chi connectivity index (χ4n) is 2.39. The lowest BCUT2D eigenvalue weighted by Crippen LogP contribution is -1.97. The van der Waals surface area contributed by atoms with Gasteiger partial charge in [0.15, 0.2) is 11.5 Å². The number of benzene rings is 2. The van der Waals surface area contributed by atoms with Crippen LogP contribution in [0, 0.1) is 5.82 Å². The quantitative estimate of drug-likeness (QED) is 0.523. The van der Waals surface area contributed by atoms with E-state index in [2.05, 4.69) is 27.4 Å². The molecule has 0 saturated carbocycles. The van der Waals surface area contributed by atoms with Crippen LogP contribution in [-0.4, -0.2) is 19.8 Å². The molecule has 0 atom stereocenters. The average Bonchev–Trinajstić information content (AvgIpc) is 3.04. The minimum absolute atomic E-state index is 0.307. The Balaban J connectivity index is 1.66. The van der Waals surface area contributed by atoms with E-state index in [1.807, 2.05) is 30.3 Å². The molecule has 2 aromatic carbocycles. The zero-order chi connectivity index (χ0) is 16.4. The number of rotatable bonds is 4. The fraction of sp³-hybridized carbons (Fsp3) is 0.0556. The van der Waals surface area contributed by atoms with Crippen molar-refractivity contribution in [1.82, 2.24) is 19.8 Å². The summed E-state index contributed by atoms with van der Waals surface area (Å²) in [5.74, 6) is 1.06. The summed E-state index contributed by atoms with van der Waals surface area (Å²) in [6.07, 6.45) is 0. The zero-order valence-corrected chi connectivity index (χ0v) is 13.4. The molecule has 118 valence electrons. The Hall–Kier alpha value is -2.73. The van der Waals surface area contributed by atoms with Crippen LogP contribution in [0.15, 0.2) is 71.8 Å². The minimum atomic E-state index is -0.307. The molecular weight excluding hydrogens is 323 g/mol. The van der Waals surface area contributed by atoms with E-state index in [4.69, 9.17) is 0 Å². The first-order valence-corrected chi connectivity index (χ1v) is 8.43. The summed E-state index contributed by atoms with van der Waals surface area (Å²) < 4.78 is 15.1. The van der Waals surface area contributed by atoms with Crippen molar-refractivity contribution in [1.29, 1.82) is 0 Å². The van der Waals surface area contributed by atoms with E-state index in [1.165, 1.54) is 17.7 Å². The topological polar surface area (TPSA) is 43.1 Å². The number of hydrogen-bond donors (Lipinski definition) is 0. The summed E-state index contributed by atoms with van der Waals surface area (Å²) in [4.78, 5) is 0. The number of nitrogens with zero attached hydrogens (tertiary/aromatic N) is 4. The second kappa shape index (κ2) is 6.41. The first-order valence-electron chi connectivity index (χ1n) is 7.45. The third kappa shape index (κ3) is 3.00. The van der Waals surface area contributed by atoms with Crippen LogP contribution >= 0.6 is 11.8 Å². The molecule has 0 amide bonds. The summed E-state index contributed by atoms with van der Waals surface area (Å²) in [7, 11) is 0. The maximum atomic E-state index is 13.5. The maximum Gasteiger partial charge on any atom is 0.185 e. The zero-order valence-electron chi connectivity index (χ0n) is 12.6. The van der Waals surface area contributed by atoms with E-state index in [0.29, 0.717) is 17.0 Å². The van der Waals surface area contributed by atoms with Crippen LogP contribution in [-0.2, 0) is 5.75 Å². The van der Waals surface area contributed by atoms with Gasteiger partial charge in [0.1, 0.15) is 10.8 Å². The Labute approximate surface area is 142 Å². The second-order valence-electron chi connectivity index (χ2n) is 5.25. The first-order chi connectivity index (χ1) is 11.8. The smallest absolute Gasteiger partial charge is 0.185 e. The van der Waals surface area contributed by atoms with Crippen molar-refractivity contribution in [3.8, 4) is 11.4 Å². The molecule has 0 radical (unpaired) electrons. The average molecular weight is 336 g/mol. The normalized spacial score (nSPS) is 11.0. The highest BCUT2D eigenvalue weighted by molar-refractivity contribution is 7.98. The van der Waals surface area contributed by atoms with E-state index >= 15 is 0 Å². The van der Waals surface area contributed by atoms with Gasteiger partial charge < -0.3 is 0 Å². The molecule has 0 aliphatic rings. The lowest BCUT2D eigenvalue weighted by molar-refractivity contribution is 0.628. The van der Waals surface area contributed by atoms with Gasteiger partial charge in [0.25, 0.3) is 0 Å². The molecule has 0 aliphatic carbocycles. The highest BCUT2D eigenvalue weighted by atomic mass is 32.2. The van der Waals surface area contributed by atoms with E-state index in [0.717, 1.165) is 10.8 Å². The Kier molecular flexibility index (Phi) is 3.96. The number of halogens is 1. The fourth-order valence-corrected chi connectivity index (χ4v) is 3.20. The number of hydrogen-bond acceptors (Lipinski definition) is 4. The van der Waals surface area contributed by atoms with Gasteiger partial charge in [0, 0.05) is 11.3 Å². The summed E-state index contributed by atoms with van der Waals surface area (Å²) in [5.41, 5.74) is 2.53. The van der Waals surface area contributed by atoms with Crippen LogP contribution in [0.4, 0.5) is 4.39 Å². The molecule has 0 bridgehead atoms. The third-order valence-electron chi connectivity index (χ3n) is 3.55. The van der Waals surface area contributed by atoms with E-state index in [-0.39, 0.29) is 5.82 Å². The summed E-state index contributed by atoms with van der Waals surface area (Å²) in [6.45, 7) is 0. The van der Waals surface area contributed by atoms with E-state index < -0.39 is 0 Å². The summed E-state index contributed by atoms with van der Waals surface area (Å²) >= 11 is 1.64. The van der Waals surface area contributed by atoms with Crippen LogP contribution in [0.1, 0.15) is 5.56 Å². The molecule has 2 heterocycles. The van der Waals surface area contributed by atoms with Crippen molar-refractivity contribution in [2.45, 2.75) is 10.8 Å². The minimum Gasteiger partial charge on any atom is -0.207 e. The van der Waals surface area contributed by atoms with Crippen LogP contribution in [0.5, 0.6) is 0 Å². The Morgan fingerprint density at radius 1 is 0.917 bits per heavy atom. The molecule has 0 spiro atoms. The largest absolute Gasteiger partial charge is 0.207 e. The van der Waals surface area contributed by atoms with Gasteiger partial charge in [-0.3, -0.25) is 0 Å². The molecule has 0 N–H and O–H groups in total. The van der Waals surface area contributed by atoms with Gasteiger partial charge in [-0.1, -0.05) is 54.2 Å². The van der Waals surface area contributed by atoms with Crippen molar-refractivity contribution < 1.29 is 4.39 Å². The first kappa shape index (κ1) is 14.8. The van der Waals surface area contributed by atoms with Gasteiger partial charge >= 0.3 is 0 Å². The molecule has 24 heavy (non-hydrogen) atoms. The Bertz CT molecular complexity index is 985. The third-order valence-corrected chi connectivity index (χ3v) is 4.54. The molecule has 4 nitrogen and oxygen atoms in total. The van der Waals surface area contributed by atoms with Gasteiger partial charge in [0.05, 0.1) is 0 Å². The van der Waals surface area contributed by atoms with Crippen molar-refractivity contribution in [2.75, 3.05) is 0 Å². The summed E-state index contributed by atoms with van der Waals surface area (Å²) in [6, 6.07) is 20.3. The second-order valence-corrected chi connectivity index (χ2v) is 6.25. The number of fused-ring (bicyclic) bond motifs is 1. The predicted molar refractivity (Wildman–Crippen MR) is 92.2 cm³/mol. The number of thioether (sulfide) groups is 1. The highest BCUT2D eigenvalue weighted by Gasteiger charge is 2.11. The van der Waals surface area contributed by atoms with Crippen molar-refractivity contribution in [3.63, 3.8) is 0 Å². The Morgan fingerprint density at radius 3 is 2.62 bits per heavy atom. The maximum absolute atomic E-state index is 13.5. The van der Waals surface area contributed by atoms with E-state index in [1.54, 1.807) is 28.4 Å². The van der Waals surface area contributed by atoms with E-state index in [9.17, 15) is 4.39 Å². The van der Waals surface area contributed by atoms with Crippen molar-refractivity contribution >= 4 is 17.4 Å². The molecule has 4 rings (SSSR count). The molecule has 0 saturated heterocycles. The van der Waals surface area contributed by atoms with Crippen LogP contribution < -0.4 is 0 Å². The molecule has 2 aromatic heterocycles. The SMILES string of the molecule is Fc1cccc(-c2nnc3ccc(SCc4ccccc4)nn23)c1. The van der Waals surface area contributed by atoms with Crippen LogP contribution in [0.3, 0.4) is 0 Å². The molecule has 6 heteroatoms. The lowest BCUT2D eigenvalue weighted by atomic mass is 10.2. The van der Waals surface area contributed by atoms with Gasteiger partial charge in [-0.2, -0.15) is 9.61 Å². The van der Waals surface area contributed by atoms with Gasteiger partial charge in [-0.05, 0) is 29.8 Å². The van der Waals surface area contributed by atoms with Crippen molar-refractivity contribution in [3.05, 3.63) is 78.1 Å². The standard InChI is InChI=1S/C18H13FN4S/c19-15-8-4-7-14(11-15)18-21-20-16-9-10-17(22-23(16)18)24-12-13-5-2-1-3-6-13/h1-11H,12H2. The van der Waals surface area contributed by atoms with Gasteiger partial charge in [-0.25, -0.2) is 4.39 Å². The summed E-state index contributed by atoms with van der Waals surface area (Å²) in [5, 5.41) is 13.7. The molecule has 4 aromatic rings. The molecule has 0 aliphatic heterocycles. The molecule has 0 fully saturated rings. The predicted octanol–water partition coefficient (Wildman–Crippen LogP) is 4.22. The lowest BCUT2D eigenvalue weighted by Gasteiger charge is -2.03. The van der Waals surface area contributed by atoms with Gasteiger partial charge in [-0.15, -0.1) is 10.2 Å². The molecular formula is C18H13FN4S. The molecule has 0 unspecified atom stereocenters. The van der Waals surface area contributed by atoms with Gasteiger partial charge in [0.2, 0.25) is 0 Å². The van der Waals surface area contributed by atoms with Crippen molar-refractivity contribution in [2.24, 2.45) is 0 Å². The van der Waals surface area contributed by atoms with Crippen LogP contribution in [0.2, 0.25) is 0 Å². The monoisotopic (exact) mass is 336 g/mol.